The smallest absolute Gasteiger partial charge is 0.326 e. The van der Waals surface area contributed by atoms with Gasteiger partial charge in [-0.2, -0.15) is 0 Å². The zero-order chi connectivity index (χ0) is 15.1. The van der Waals surface area contributed by atoms with Crippen molar-refractivity contribution in [1.82, 2.24) is 9.80 Å². The van der Waals surface area contributed by atoms with Gasteiger partial charge in [0, 0.05) is 20.1 Å². The standard InChI is InChI=1S/C15H24N2O4/c1-16(7-9-5-11(18)6-9)15(21)17-8-10-3-2-4-12(10)13(17)14(19)20/h9-13,18H,2-8H2,1H3,(H,19,20). The number of likely N-dealkylation sites (tertiary alicyclic amines) is 1. The van der Waals surface area contributed by atoms with Gasteiger partial charge in [0.1, 0.15) is 6.04 Å². The Morgan fingerprint density at radius 1 is 1.29 bits per heavy atom. The Bertz CT molecular complexity index is 435. The van der Waals surface area contributed by atoms with Crippen LogP contribution in [0.5, 0.6) is 0 Å². The number of aliphatic hydroxyl groups excluding tert-OH is 1. The Hall–Kier alpha value is -1.30. The van der Waals surface area contributed by atoms with E-state index in [1.165, 1.54) is 0 Å². The van der Waals surface area contributed by atoms with Gasteiger partial charge >= 0.3 is 12.0 Å². The second-order valence-electron chi connectivity index (χ2n) is 6.94. The Labute approximate surface area is 124 Å². The first-order chi connectivity index (χ1) is 9.97. The maximum Gasteiger partial charge on any atom is 0.326 e. The molecule has 21 heavy (non-hydrogen) atoms. The molecule has 1 saturated heterocycles. The van der Waals surface area contributed by atoms with Crippen LogP contribution in [0.1, 0.15) is 32.1 Å². The summed E-state index contributed by atoms with van der Waals surface area (Å²) in [7, 11) is 1.74. The van der Waals surface area contributed by atoms with Crippen molar-refractivity contribution in [1.29, 1.82) is 0 Å². The average Bonchev–Trinajstić information content (AvgIpc) is 2.94. The molecule has 6 heteroatoms. The van der Waals surface area contributed by atoms with Crippen molar-refractivity contribution in [2.75, 3.05) is 20.1 Å². The molecule has 118 valence electrons. The minimum Gasteiger partial charge on any atom is -0.480 e. The summed E-state index contributed by atoms with van der Waals surface area (Å²) in [5.74, 6) is -0.0381. The van der Waals surface area contributed by atoms with Crippen molar-refractivity contribution in [2.45, 2.75) is 44.2 Å². The summed E-state index contributed by atoms with van der Waals surface area (Å²) >= 11 is 0. The summed E-state index contributed by atoms with van der Waals surface area (Å²) in [5, 5.41) is 18.8. The molecule has 0 bridgehead atoms. The molecule has 3 fully saturated rings. The SMILES string of the molecule is CN(CC1CC(O)C1)C(=O)N1CC2CCCC2C1C(=O)O. The predicted octanol–water partition coefficient (Wildman–Crippen LogP) is 0.994. The van der Waals surface area contributed by atoms with E-state index in [0.29, 0.717) is 24.9 Å². The van der Waals surface area contributed by atoms with Crippen LogP contribution in [-0.4, -0.2) is 64.3 Å². The number of carboxylic acids is 1. The first-order valence-corrected chi connectivity index (χ1v) is 7.90. The van der Waals surface area contributed by atoms with Crippen molar-refractivity contribution in [3.8, 4) is 0 Å². The van der Waals surface area contributed by atoms with E-state index in [2.05, 4.69) is 0 Å². The molecule has 3 rings (SSSR count). The average molecular weight is 296 g/mol. The fourth-order valence-corrected chi connectivity index (χ4v) is 4.35. The van der Waals surface area contributed by atoms with Crippen LogP contribution in [0.15, 0.2) is 0 Å². The first kappa shape index (κ1) is 14.6. The highest BCUT2D eigenvalue weighted by Gasteiger charge is 2.50. The molecular weight excluding hydrogens is 272 g/mol. The molecule has 0 spiro atoms. The normalized spacial score (nSPS) is 38.0. The van der Waals surface area contributed by atoms with Crippen molar-refractivity contribution < 1.29 is 19.8 Å². The molecular formula is C15H24N2O4. The minimum atomic E-state index is -0.870. The third-order valence-electron chi connectivity index (χ3n) is 5.46. The first-order valence-electron chi connectivity index (χ1n) is 7.90. The highest BCUT2D eigenvalue weighted by Crippen LogP contribution is 2.42. The van der Waals surface area contributed by atoms with Gasteiger partial charge in [0.15, 0.2) is 0 Å². The Balaban J connectivity index is 1.64. The van der Waals surface area contributed by atoms with Gasteiger partial charge in [0.25, 0.3) is 0 Å². The third kappa shape index (κ3) is 2.61. The van der Waals surface area contributed by atoms with E-state index in [4.69, 9.17) is 0 Å². The number of fused-ring (bicyclic) bond motifs is 1. The van der Waals surface area contributed by atoms with Gasteiger partial charge in [-0.15, -0.1) is 0 Å². The highest BCUT2D eigenvalue weighted by atomic mass is 16.4. The number of urea groups is 1. The minimum absolute atomic E-state index is 0.130. The lowest BCUT2D eigenvalue weighted by atomic mass is 9.82. The largest absolute Gasteiger partial charge is 0.480 e. The van der Waals surface area contributed by atoms with E-state index < -0.39 is 12.0 Å². The molecule has 2 N–H and O–H groups in total. The zero-order valence-electron chi connectivity index (χ0n) is 12.4. The van der Waals surface area contributed by atoms with E-state index >= 15 is 0 Å². The topological polar surface area (TPSA) is 81.1 Å². The van der Waals surface area contributed by atoms with Crippen LogP contribution in [-0.2, 0) is 4.79 Å². The van der Waals surface area contributed by atoms with E-state index in [0.717, 1.165) is 32.1 Å². The van der Waals surface area contributed by atoms with Crippen LogP contribution in [0, 0.1) is 17.8 Å². The van der Waals surface area contributed by atoms with E-state index in [1.54, 1.807) is 16.8 Å². The molecule has 0 aromatic carbocycles. The van der Waals surface area contributed by atoms with Crippen molar-refractivity contribution in [2.24, 2.45) is 17.8 Å². The monoisotopic (exact) mass is 296 g/mol. The van der Waals surface area contributed by atoms with Crippen molar-refractivity contribution in [3.63, 3.8) is 0 Å². The lowest BCUT2D eigenvalue weighted by Crippen LogP contribution is -2.50. The maximum absolute atomic E-state index is 12.6. The van der Waals surface area contributed by atoms with Crippen LogP contribution in [0.4, 0.5) is 4.79 Å². The summed E-state index contributed by atoms with van der Waals surface area (Å²) in [6.45, 7) is 1.19. The number of nitrogens with zero attached hydrogens (tertiary/aromatic N) is 2. The third-order valence-corrected chi connectivity index (χ3v) is 5.46. The molecule has 1 aliphatic heterocycles. The van der Waals surface area contributed by atoms with Crippen LogP contribution in [0.3, 0.4) is 0 Å². The van der Waals surface area contributed by atoms with Crippen LogP contribution in [0.2, 0.25) is 0 Å². The zero-order valence-corrected chi connectivity index (χ0v) is 12.4. The summed E-state index contributed by atoms with van der Waals surface area (Å²) < 4.78 is 0. The van der Waals surface area contributed by atoms with Gasteiger partial charge in [-0.25, -0.2) is 9.59 Å². The fourth-order valence-electron chi connectivity index (χ4n) is 4.35. The van der Waals surface area contributed by atoms with Gasteiger partial charge in [0.2, 0.25) is 0 Å². The molecule has 3 atom stereocenters. The molecule has 3 aliphatic rings. The van der Waals surface area contributed by atoms with Crippen LogP contribution >= 0.6 is 0 Å². The molecule has 2 saturated carbocycles. The number of carbonyl (C=O) groups is 2. The number of hydrogen-bond donors (Lipinski definition) is 2. The van der Waals surface area contributed by atoms with Crippen LogP contribution < -0.4 is 0 Å². The van der Waals surface area contributed by atoms with Gasteiger partial charge in [-0.3, -0.25) is 0 Å². The van der Waals surface area contributed by atoms with Crippen molar-refractivity contribution >= 4 is 12.0 Å². The molecule has 1 heterocycles. The number of amides is 2. The lowest BCUT2D eigenvalue weighted by Gasteiger charge is -2.36. The lowest BCUT2D eigenvalue weighted by molar-refractivity contribution is -0.142. The Kier molecular flexibility index (Phi) is 3.82. The van der Waals surface area contributed by atoms with E-state index in [-0.39, 0.29) is 18.1 Å². The van der Waals surface area contributed by atoms with Crippen LogP contribution in [0.25, 0.3) is 0 Å². The quantitative estimate of drug-likeness (QED) is 0.814. The number of hydrogen-bond acceptors (Lipinski definition) is 3. The number of carboxylic acid groups (broad SMARTS) is 1. The summed E-state index contributed by atoms with van der Waals surface area (Å²) in [4.78, 5) is 27.3. The molecule has 6 nitrogen and oxygen atoms in total. The second kappa shape index (κ2) is 5.48. The van der Waals surface area contributed by atoms with Gasteiger partial charge in [-0.1, -0.05) is 6.42 Å². The van der Waals surface area contributed by atoms with Gasteiger partial charge < -0.3 is 20.0 Å². The number of aliphatic carboxylic acids is 1. The number of aliphatic hydroxyl groups is 1. The predicted molar refractivity (Wildman–Crippen MR) is 75.7 cm³/mol. The molecule has 2 amide bonds. The maximum atomic E-state index is 12.6. The molecule has 0 aromatic heterocycles. The summed E-state index contributed by atoms with van der Waals surface area (Å²) in [5.41, 5.74) is 0. The Morgan fingerprint density at radius 3 is 2.62 bits per heavy atom. The van der Waals surface area contributed by atoms with E-state index in [9.17, 15) is 19.8 Å². The molecule has 2 aliphatic carbocycles. The molecule has 0 radical (unpaired) electrons. The number of rotatable bonds is 3. The fraction of sp³-hybridized carbons (Fsp3) is 0.867. The highest BCUT2D eigenvalue weighted by molar-refractivity contribution is 5.83. The van der Waals surface area contributed by atoms with Gasteiger partial charge in [0.05, 0.1) is 6.10 Å². The van der Waals surface area contributed by atoms with Gasteiger partial charge in [-0.05, 0) is 43.4 Å². The Morgan fingerprint density at radius 2 is 2.00 bits per heavy atom. The summed E-state index contributed by atoms with van der Waals surface area (Å²) in [6.07, 6.45) is 4.30. The molecule has 0 aromatic rings. The van der Waals surface area contributed by atoms with E-state index in [1.807, 2.05) is 0 Å². The van der Waals surface area contributed by atoms with Crippen molar-refractivity contribution in [3.05, 3.63) is 0 Å². The molecule has 3 unspecified atom stereocenters. The number of carbonyl (C=O) groups excluding carboxylic acids is 1. The second-order valence-corrected chi connectivity index (χ2v) is 6.94. The summed E-state index contributed by atoms with van der Waals surface area (Å²) in [6, 6.07) is -0.822.